The molecule has 0 spiro atoms. The number of hydrogen-bond donors (Lipinski definition) is 1. The highest BCUT2D eigenvalue weighted by molar-refractivity contribution is 5.56. The van der Waals surface area contributed by atoms with Crippen molar-refractivity contribution in [3.05, 3.63) is 0 Å². The lowest BCUT2D eigenvalue weighted by molar-refractivity contribution is -0.112. The lowest BCUT2D eigenvalue weighted by atomic mass is 10.0. The summed E-state index contributed by atoms with van der Waals surface area (Å²) in [5.41, 5.74) is 5.57. The van der Waals surface area contributed by atoms with Crippen LogP contribution in [0.5, 0.6) is 0 Å². The Balaban J connectivity index is 2.38. The molecule has 1 rings (SSSR count). The van der Waals surface area contributed by atoms with Crippen molar-refractivity contribution in [2.45, 2.75) is 25.9 Å². The van der Waals surface area contributed by atoms with Gasteiger partial charge in [0.05, 0.1) is 0 Å². The van der Waals surface area contributed by atoms with Crippen molar-refractivity contribution in [1.29, 1.82) is 0 Å². The Hall–Kier alpha value is -0.410. The fraction of sp³-hybridized carbons (Fsp3) is 0.875. The first-order valence-electron chi connectivity index (χ1n) is 4.19. The number of piperidine rings is 1. The second kappa shape index (κ2) is 3.83. The minimum absolute atomic E-state index is 0.377. The number of aldehydes is 1. The topological polar surface area (TPSA) is 46.3 Å². The molecule has 0 bridgehead atoms. The van der Waals surface area contributed by atoms with Crippen molar-refractivity contribution in [2.24, 2.45) is 11.7 Å². The fourth-order valence-corrected chi connectivity index (χ4v) is 1.58. The monoisotopic (exact) mass is 156 g/mol. The van der Waals surface area contributed by atoms with E-state index in [4.69, 9.17) is 5.73 Å². The molecule has 1 saturated heterocycles. The molecule has 1 aliphatic rings. The van der Waals surface area contributed by atoms with E-state index in [0.717, 1.165) is 19.4 Å². The molecular weight excluding hydrogens is 140 g/mol. The Kier molecular flexibility index (Phi) is 3.02. The predicted octanol–water partition coefficient (Wildman–Crippen LogP) is 0.202. The SMILES string of the molecule is CC1CCCN(C(N)C=O)C1. The van der Waals surface area contributed by atoms with Crippen LogP contribution in [-0.4, -0.2) is 30.4 Å². The number of rotatable bonds is 2. The van der Waals surface area contributed by atoms with Gasteiger partial charge in [0.2, 0.25) is 0 Å². The molecule has 1 fully saturated rings. The number of nitrogens with zero attached hydrogens (tertiary/aromatic N) is 1. The quantitative estimate of drug-likeness (QED) is 0.581. The first-order chi connectivity index (χ1) is 5.24. The molecule has 2 N–H and O–H groups in total. The number of likely N-dealkylation sites (tertiary alicyclic amines) is 1. The molecule has 11 heavy (non-hydrogen) atoms. The number of carbonyl (C=O) groups is 1. The van der Waals surface area contributed by atoms with Gasteiger partial charge in [-0.15, -0.1) is 0 Å². The summed E-state index contributed by atoms with van der Waals surface area (Å²) in [6.45, 7) is 4.15. The number of carbonyl (C=O) groups excluding carboxylic acids is 1. The third-order valence-electron chi connectivity index (χ3n) is 2.25. The maximum absolute atomic E-state index is 10.3. The second-order valence-electron chi connectivity index (χ2n) is 3.37. The maximum Gasteiger partial charge on any atom is 0.151 e. The lowest BCUT2D eigenvalue weighted by Gasteiger charge is -2.32. The molecule has 1 heterocycles. The highest BCUT2D eigenvalue weighted by atomic mass is 16.1. The minimum atomic E-state index is -0.377. The fourth-order valence-electron chi connectivity index (χ4n) is 1.58. The second-order valence-corrected chi connectivity index (χ2v) is 3.37. The molecule has 0 aromatic rings. The third-order valence-corrected chi connectivity index (χ3v) is 2.25. The molecule has 0 radical (unpaired) electrons. The lowest BCUT2D eigenvalue weighted by Crippen LogP contribution is -2.47. The van der Waals surface area contributed by atoms with Crippen LogP contribution in [0.4, 0.5) is 0 Å². The highest BCUT2D eigenvalue weighted by Gasteiger charge is 2.20. The van der Waals surface area contributed by atoms with E-state index in [1.165, 1.54) is 12.8 Å². The first-order valence-corrected chi connectivity index (χ1v) is 4.19. The molecule has 0 aromatic carbocycles. The summed E-state index contributed by atoms with van der Waals surface area (Å²) in [5.74, 6) is 0.690. The van der Waals surface area contributed by atoms with E-state index >= 15 is 0 Å². The van der Waals surface area contributed by atoms with Gasteiger partial charge in [0.15, 0.2) is 6.29 Å². The Morgan fingerprint density at radius 1 is 1.73 bits per heavy atom. The Bertz CT molecular complexity index is 138. The average molecular weight is 156 g/mol. The van der Waals surface area contributed by atoms with Crippen molar-refractivity contribution in [1.82, 2.24) is 4.90 Å². The highest BCUT2D eigenvalue weighted by Crippen LogP contribution is 2.15. The van der Waals surface area contributed by atoms with Gasteiger partial charge in [0.1, 0.15) is 6.17 Å². The molecular formula is C8H16N2O. The van der Waals surface area contributed by atoms with E-state index in [9.17, 15) is 4.79 Å². The Morgan fingerprint density at radius 2 is 2.45 bits per heavy atom. The van der Waals surface area contributed by atoms with Crippen LogP contribution in [0.2, 0.25) is 0 Å². The van der Waals surface area contributed by atoms with E-state index in [-0.39, 0.29) is 6.17 Å². The number of hydrogen-bond acceptors (Lipinski definition) is 3. The van der Waals surface area contributed by atoms with Gasteiger partial charge in [-0.2, -0.15) is 0 Å². The van der Waals surface area contributed by atoms with Crippen LogP contribution < -0.4 is 5.73 Å². The van der Waals surface area contributed by atoms with Gasteiger partial charge >= 0.3 is 0 Å². The van der Waals surface area contributed by atoms with Crippen LogP contribution in [-0.2, 0) is 4.79 Å². The third kappa shape index (κ3) is 2.27. The maximum atomic E-state index is 10.3. The van der Waals surface area contributed by atoms with Gasteiger partial charge in [-0.3, -0.25) is 4.90 Å². The van der Waals surface area contributed by atoms with Crippen molar-refractivity contribution < 1.29 is 4.79 Å². The van der Waals surface area contributed by atoms with Crippen molar-refractivity contribution in [2.75, 3.05) is 13.1 Å². The summed E-state index contributed by atoms with van der Waals surface area (Å²) in [6, 6.07) is 0. The standard InChI is InChI=1S/C8H16N2O/c1-7-3-2-4-10(5-7)8(9)6-11/h6-8H,2-5,9H2,1H3. The van der Waals surface area contributed by atoms with E-state index < -0.39 is 0 Å². The molecule has 64 valence electrons. The van der Waals surface area contributed by atoms with Gasteiger partial charge in [-0.1, -0.05) is 6.92 Å². The Morgan fingerprint density at radius 3 is 3.00 bits per heavy atom. The van der Waals surface area contributed by atoms with Crippen molar-refractivity contribution in [3.63, 3.8) is 0 Å². The molecule has 0 aliphatic carbocycles. The summed E-state index contributed by atoms with van der Waals surface area (Å²) in [6.07, 6.45) is 2.88. The van der Waals surface area contributed by atoms with Crippen LogP contribution >= 0.6 is 0 Å². The molecule has 1 aliphatic heterocycles. The van der Waals surface area contributed by atoms with Crippen LogP contribution in [0.25, 0.3) is 0 Å². The van der Waals surface area contributed by atoms with Crippen molar-refractivity contribution in [3.8, 4) is 0 Å². The van der Waals surface area contributed by atoms with E-state index in [1.54, 1.807) is 0 Å². The Labute approximate surface area is 67.5 Å². The smallest absolute Gasteiger partial charge is 0.151 e. The van der Waals surface area contributed by atoms with Crippen LogP contribution in [0.1, 0.15) is 19.8 Å². The summed E-state index contributed by atoms with van der Waals surface area (Å²) in [5, 5.41) is 0. The molecule has 2 atom stereocenters. The van der Waals surface area contributed by atoms with Crippen molar-refractivity contribution >= 4 is 6.29 Å². The van der Waals surface area contributed by atoms with Crippen LogP contribution in [0.15, 0.2) is 0 Å². The van der Waals surface area contributed by atoms with E-state index in [2.05, 4.69) is 6.92 Å². The van der Waals surface area contributed by atoms with Gasteiger partial charge < -0.3 is 10.5 Å². The minimum Gasteiger partial charge on any atom is -0.310 e. The van der Waals surface area contributed by atoms with Gasteiger partial charge in [0, 0.05) is 13.1 Å². The van der Waals surface area contributed by atoms with Gasteiger partial charge in [0.25, 0.3) is 0 Å². The molecule has 2 unspecified atom stereocenters. The van der Waals surface area contributed by atoms with Crippen LogP contribution in [0.3, 0.4) is 0 Å². The zero-order valence-corrected chi connectivity index (χ0v) is 6.99. The van der Waals surface area contributed by atoms with Crippen LogP contribution in [0, 0.1) is 5.92 Å². The summed E-state index contributed by atoms with van der Waals surface area (Å²) in [7, 11) is 0. The summed E-state index contributed by atoms with van der Waals surface area (Å²) < 4.78 is 0. The average Bonchev–Trinajstić information content (AvgIpc) is 2.03. The molecule has 3 nitrogen and oxygen atoms in total. The zero-order valence-electron chi connectivity index (χ0n) is 6.99. The normalized spacial score (nSPS) is 29.8. The molecule has 0 saturated carbocycles. The van der Waals surface area contributed by atoms with E-state index in [1.807, 2.05) is 4.90 Å². The molecule has 3 heteroatoms. The van der Waals surface area contributed by atoms with E-state index in [0.29, 0.717) is 5.92 Å². The van der Waals surface area contributed by atoms with Gasteiger partial charge in [-0.05, 0) is 18.8 Å². The summed E-state index contributed by atoms with van der Waals surface area (Å²) >= 11 is 0. The number of nitrogens with two attached hydrogens (primary N) is 1. The van der Waals surface area contributed by atoms with Gasteiger partial charge in [-0.25, -0.2) is 0 Å². The predicted molar refractivity (Wildman–Crippen MR) is 44.0 cm³/mol. The largest absolute Gasteiger partial charge is 0.310 e. The summed E-state index contributed by atoms with van der Waals surface area (Å²) in [4.78, 5) is 12.4. The first kappa shape index (κ1) is 8.68. The molecule has 0 amide bonds. The molecule has 0 aromatic heterocycles. The zero-order chi connectivity index (χ0) is 8.27.